The number of nitriles is 1. The van der Waals surface area contributed by atoms with Gasteiger partial charge in [0.2, 0.25) is 0 Å². The van der Waals surface area contributed by atoms with Crippen molar-refractivity contribution in [3.8, 4) is 11.8 Å². The van der Waals surface area contributed by atoms with Gasteiger partial charge in [-0.25, -0.2) is 4.98 Å². The Morgan fingerprint density at radius 1 is 1.30 bits per heavy atom. The molecular formula is C20H21IN4O2. The zero-order valence-corrected chi connectivity index (χ0v) is 16.8. The number of aromatic hydroxyl groups is 1. The lowest BCUT2D eigenvalue weighted by atomic mass is 10.0. The van der Waals surface area contributed by atoms with Gasteiger partial charge in [-0.1, -0.05) is 12.1 Å². The highest BCUT2D eigenvalue weighted by molar-refractivity contribution is 14.0. The Hall–Kier alpha value is -2.86. The number of nitrogens with two attached hydrogens (primary N) is 1. The molecule has 4 N–H and O–H groups in total. The highest BCUT2D eigenvalue weighted by Crippen LogP contribution is 2.24. The summed E-state index contributed by atoms with van der Waals surface area (Å²) in [6, 6.07) is 12.7. The summed E-state index contributed by atoms with van der Waals surface area (Å²) in [5.41, 5.74) is 10.2. The fraction of sp³-hybridized carbons (Fsp3) is 0.150. The molecule has 2 aromatic carbocycles. The zero-order valence-electron chi connectivity index (χ0n) is 14.5. The summed E-state index contributed by atoms with van der Waals surface area (Å²) < 4.78 is 4.97. The number of hydrogen-bond acceptors (Lipinski definition) is 6. The molecule has 0 spiro atoms. The normalized spacial score (nSPS) is 11.4. The average Bonchev–Trinajstić information content (AvgIpc) is 3.35. The number of nitrogens with zero attached hydrogens (tertiary/aromatic N) is 2. The van der Waals surface area contributed by atoms with Gasteiger partial charge in [-0.2, -0.15) is 5.26 Å². The third-order valence-corrected chi connectivity index (χ3v) is 4.25. The molecule has 0 saturated heterocycles. The number of nitrogens with one attached hydrogen (secondary N) is 1. The first-order valence-electron chi connectivity index (χ1n) is 8.17. The van der Waals surface area contributed by atoms with Crippen LogP contribution in [0.15, 0.2) is 53.4 Å². The number of phenols is 1. The second kappa shape index (κ2) is 9.19. The Bertz CT molecular complexity index is 984. The zero-order chi connectivity index (χ0) is 18.5. The Labute approximate surface area is 175 Å². The Balaban J connectivity index is 0.000000271. The van der Waals surface area contributed by atoms with Gasteiger partial charge < -0.3 is 15.3 Å². The lowest BCUT2D eigenvalue weighted by Gasteiger charge is -2.05. The number of aromatic nitrogens is 1. The Kier molecular flexibility index (Phi) is 6.96. The highest BCUT2D eigenvalue weighted by Gasteiger charge is 2.13. The van der Waals surface area contributed by atoms with E-state index in [2.05, 4.69) is 17.1 Å². The minimum atomic E-state index is 0. The Morgan fingerprint density at radius 2 is 2.11 bits per heavy atom. The number of hydrogen-bond donors (Lipinski definition) is 3. The molecule has 1 heterocycles. The minimum Gasteiger partial charge on any atom is -0.508 e. The first kappa shape index (κ1) is 20.5. The number of rotatable bonds is 2. The molecule has 4 rings (SSSR count). The predicted molar refractivity (Wildman–Crippen MR) is 116 cm³/mol. The smallest absolute Gasteiger partial charge is 0.181 e. The van der Waals surface area contributed by atoms with Crippen LogP contribution in [0.25, 0.3) is 0 Å². The van der Waals surface area contributed by atoms with Crippen molar-refractivity contribution >= 4 is 35.4 Å². The molecule has 0 fully saturated rings. The van der Waals surface area contributed by atoms with Crippen molar-refractivity contribution in [2.45, 2.75) is 19.3 Å². The fourth-order valence-electron chi connectivity index (χ4n) is 2.96. The van der Waals surface area contributed by atoms with Gasteiger partial charge in [-0.05, 0) is 54.7 Å². The van der Waals surface area contributed by atoms with E-state index in [1.54, 1.807) is 0 Å². The van der Waals surface area contributed by atoms with Gasteiger partial charge in [-0.15, -0.1) is 24.0 Å². The molecule has 6 nitrogen and oxygen atoms in total. The van der Waals surface area contributed by atoms with E-state index in [1.165, 1.54) is 48.3 Å². The summed E-state index contributed by atoms with van der Waals surface area (Å²) in [6.45, 7) is 0. The predicted octanol–water partition coefficient (Wildman–Crippen LogP) is 4.29. The second-order valence-electron chi connectivity index (χ2n) is 5.92. The second-order valence-corrected chi connectivity index (χ2v) is 5.92. The molecule has 0 saturated carbocycles. The van der Waals surface area contributed by atoms with Crippen molar-refractivity contribution in [1.29, 1.82) is 10.7 Å². The Morgan fingerprint density at radius 3 is 2.81 bits per heavy atom. The SMILES string of the molecule is I.N#Cc1cccc2c1CCC2.N=C(c1cnco1)c1cc(O)ccc1N.[HH]. The van der Waals surface area contributed by atoms with Crippen LogP contribution < -0.4 is 5.73 Å². The molecule has 27 heavy (non-hydrogen) atoms. The van der Waals surface area contributed by atoms with Crippen LogP contribution in [-0.4, -0.2) is 15.8 Å². The van der Waals surface area contributed by atoms with Crippen molar-refractivity contribution < 1.29 is 11.0 Å². The quantitative estimate of drug-likeness (QED) is 0.221. The lowest BCUT2D eigenvalue weighted by molar-refractivity contribution is 0.475. The summed E-state index contributed by atoms with van der Waals surface area (Å²) in [5, 5.41) is 25.8. The van der Waals surface area contributed by atoms with Crippen LogP contribution >= 0.6 is 24.0 Å². The van der Waals surface area contributed by atoms with Crippen LogP contribution in [-0.2, 0) is 12.8 Å². The van der Waals surface area contributed by atoms with E-state index in [0.717, 1.165) is 18.4 Å². The van der Waals surface area contributed by atoms with E-state index in [0.29, 0.717) is 17.0 Å². The topological polar surface area (TPSA) is 120 Å². The standard InChI is InChI=1S/C10H9N3O2.C10H9N.HI.H2/c11-8-2-1-6(14)3-7(8)10(12)9-4-13-5-15-9;11-7-9-5-1-3-8-4-2-6-10(8)9;;/h1-5,12,14H,11H2;1,3,5H,2,4,6H2;2*1H. The van der Waals surface area contributed by atoms with Crippen molar-refractivity contribution in [2.75, 3.05) is 5.73 Å². The summed E-state index contributed by atoms with van der Waals surface area (Å²) in [4.78, 5) is 3.71. The fourth-order valence-corrected chi connectivity index (χ4v) is 2.96. The van der Waals surface area contributed by atoms with Gasteiger partial charge in [0.25, 0.3) is 0 Å². The van der Waals surface area contributed by atoms with E-state index >= 15 is 0 Å². The van der Waals surface area contributed by atoms with E-state index in [1.807, 2.05) is 12.1 Å². The number of anilines is 1. The van der Waals surface area contributed by atoms with Gasteiger partial charge >= 0.3 is 0 Å². The molecule has 1 aliphatic carbocycles. The summed E-state index contributed by atoms with van der Waals surface area (Å²) in [5.74, 6) is 0.371. The molecule has 1 aliphatic rings. The van der Waals surface area contributed by atoms with Crippen LogP contribution in [0, 0.1) is 16.7 Å². The van der Waals surface area contributed by atoms with Gasteiger partial charge in [0, 0.05) is 12.7 Å². The highest BCUT2D eigenvalue weighted by atomic mass is 127. The van der Waals surface area contributed by atoms with Crippen LogP contribution in [0.5, 0.6) is 5.75 Å². The van der Waals surface area contributed by atoms with Gasteiger partial charge in [0.1, 0.15) is 11.5 Å². The number of benzene rings is 2. The maximum absolute atomic E-state index is 9.29. The molecule has 0 aliphatic heterocycles. The van der Waals surface area contributed by atoms with Crippen molar-refractivity contribution in [3.05, 3.63) is 77.0 Å². The summed E-state index contributed by atoms with van der Waals surface area (Å²) >= 11 is 0. The average molecular weight is 476 g/mol. The van der Waals surface area contributed by atoms with Crippen LogP contribution in [0.4, 0.5) is 5.69 Å². The maximum atomic E-state index is 9.29. The number of halogens is 1. The van der Waals surface area contributed by atoms with E-state index in [9.17, 15) is 5.11 Å². The number of aryl methyl sites for hydroxylation is 1. The molecule has 0 radical (unpaired) electrons. The molecule has 0 unspecified atom stereocenters. The molecule has 0 amide bonds. The van der Waals surface area contributed by atoms with Crippen molar-refractivity contribution in [2.24, 2.45) is 0 Å². The number of nitrogen functional groups attached to an aromatic ring is 1. The van der Waals surface area contributed by atoms with E-state index < -0.39 is 0 Å². The van der Waals surface area contributed by atoms with Crippen LogP contribution in [0.2, 0.25) is 0 Å². The molecule has 3 aromatic rings. The van der Waals surface area contributed by atoms with Crippen molar-refractivity contribution in [1.82, 2.24) is 4.98 Å². The van der Waals surface area contributed by atoms with E-state index in [4.69, 9.17) is 20.8 Å². The minimum absolute atomic E-state index is 0. The third-order valence-electron chi connectivity index (χ3n) is 4.25. The lowest BCUT2D eigenvalue weighted by Crippen LogP contribution is -2.04. The van der Waals surface area contributed by atoms with Crippen molar-refractivity contribution in [3.63, 3.8) is 0 Å². The summed E-state index contributed by atoms with van der Waals surface area (Å²) in [7, 11) is 0. The van der Waals surface area contributed by atoms with Gasteiger partial charge in [0.05, 0.1) is 17.8 Å². The maximum Gasteiger partial charge on any atom is 0.181 e. The number of phenolic OH excluding ortho intramolecular Hbond substituents is 1. The first-order valence-corrected chi connectivity index (χ1v) is 8.17. The third kappa shape index (κ3) is 4.65. The van der Waals surface area contributed by atoms with Gasteiger partial charge in [-0.3, -0.25) is 5.41 Å². The molecule has 140 valence electrons. The molecule has 0 atom stereocenters. The van der Waals surface area contributed by atoms with Gasteiger partial charge in [0.15, 0.2) is 12.2 Å². The molecule has 1 aromatic heterocycles. The van der Waals surface area contributed by atoms with Crippen LogP contribution in [0.1, 0.15) is 35.9 Å². The molecule has 0 bridgehead atoms. The summed E-state index contributed by atoms with van der Waals surface area (Å²) in [6.07, 6.45) is 6.13. The van der Waals surface area contributed by atoms with Crippen LogP contribution in [0.3, 0.4) is 0 Å². The monoisotopic (exact) mass is 476 g/mol. The molecule has 7 heteroatoms. The van der Waals surface area contributed by atoms with E-state index in [-0.39, 0.29) is 36.9 Å². The number of oxazole rings is 1. The molecular weight excluding hydrogens is 455 g/mol. The largest absolute Gasteiger partial charge is 0.508 e. The number of fused-ring (bicyclic) bond motifs is 1. The first-order chi connectivity index (χ1) is 12.6.